The van der Waals surface area contributed by atoms with Crippen molar-refractivity contribution in [3.05, 3.63) is 0 Å². The van der Waals surface area contributed by atoms with Gasteiger partial charge in [-0.15, -0.1) is 0 Å². The Morgan fingerprint density at radius 2 is 2.07 bits per heavy atom. The van der Waals surface area contributed by atoms with Crippen LogP contribution in [0, 0.1) is 5.92 Å². The lowest BCUT2D eigenvalue weighted by Gasteiger charge is -2.34. The third-order valence-corrected chi connectivity index (χ3v) is 2.21. The highest BCUT2D eigenvalue weighted by molar-refractivity contribution is 5.68. The largest absolute Gasteiger partial charge is 0.444 e. The minimum absolute atomic E-state index is 0.182. The van der Waals surface area contributed by atoms with Crippen LogP contribution in [0.1, 0.15) is 33.6 Å². The fraction of sp³-hybridized carbons (Fsp3) is 0.900. The first kappa shape index (κ1) is 11.3. The highest BCUT2D eigenvalue weighted by Gasteiger charge is 2.30. The summed E-state index contributed by atoms with van der Waals surface area (Å²) in [7, 11) is 0. The number of hydrogen-bond acceptors (Lipinski definition) is 3. The van der Waals surface area contributed by atoms with Crippen molar-refractivity contribution in [1.29, 1.82) is 0 Å². The van der Waals surface area contributed by atoms with Crippen molar-refractivity contribution < 1.29 is 14.6 Å². The lowest BCUT2D eigenvalue weighted by Crippen LogP contribution is -2.47. The quantitative estimate of drug-likeness (QED) is 0.707. The Balaban J connectivity index is 2.17. The molecule has 1 aliphatic carbocycles. The molecule has 0 spiro atoms. The second-order valence-electron chi connectivity index (χ2n) is 4.86. The Hall–Kier alpha value is -0.770. The molecule has 82 valence electrons. The van der Waals surface area contributed by atoms with Gasteiger partial charge in [0.05, 0.1) is 0 Å². The lowest BCUT2D eigenvalue weighted by molar-refractivity contribution is 0.0419. The van der Waals surface area contributed by atoms with Crippen LogP contribution in [-0.4, -0.2) is 29.4 Å². The number of aliphatic hydroxyl groups is 1. The third kappa shape index (κ3) is 3.54. The van der Waals surface area contributed by atoms with Gasteiger partial charge in [-0.3, -0.25) is 0 Å². The molecule has 1 fully saturated rings. The predicted octanol–water partition coefficient (Wildman–Crippen LogP) is 1.28. The number of carbonyl (C=O) groups excluding carboxylic acids is 1. The minimum atomic E-state index is -0.440. The summed E-state index contributed by atoms with van der Waals surface area (Å²) >= 11 is 0. The number of aliphatic hydroxyl groups excluding tert-OH is 1. The summed E-state index contributed by atoms with van der Waals surface area (Å²) in [6.45, 7) is 5.73. The van der Waals surface area contributed by atoms with Gasteiger partial charge in [-0.05, 0) is 39.5 Å². The first-order valence-corrected chi connectivity index (χ1v) is 5.01. The molecule has 0 atom stereocenters. The van der Waals surface area contributed by atoms with Crippen molar-refractivity contribution in [3.63, 3.8) is 0 Å². The molecule has 2 N–H and O–H groups in total. The van der Waals surface area contributed by atoms with E-state index in [1.54, 1.807) is 0 Å². The van der Waals surface area contributed by atoms with Gasteiger partial charge in [-0.1, -0.05) is 0 Å². The Morgan fingerprint density at radius 3 is 2.50 bits per heavy atom. The number of amides is 1. The molecule has 0 bridgehead atoms. The highest BCUT2D eigenvalue weighted by Crippen LogP contribution is 2.26. The second kappa shape index (κ2) is 4.17. The lowest BCUT2D eigenvalue weighted by atomic mass is 9.81. The van der Waals surface area contributed by atoms with Crippen LogP contribution >= 0.6 is 0 Å². The van der Waals surface area contributed by atoms with Gasteiger partial charge in [-0.25, -0.2) is 4.79 Å². The monoisotopic (exact) mass is 201 g/mol. The Bertz CT molecular complexity index is 204. The molecule has 1 aliphatic rings. The van der Waals surface area contributed by atoms with Gasteiger partial charge >= 0.3 is 6.09 Å². The molecule has 0 heterocycles. The standard InChI is InChI=1S/C10H19NO3/c1-10(2,3)14-9(13)11-8-4-7(5-8)6-12/h7-8,12H,4-6H2,1-3H3,(H,11,13)/t7-,8-. The van der Waals surface area contributed by atoms with Crippen LogP contribution in [0.25, 0.3) is 0 Å². The first-order chi connectivity index (χ1) is 6.40. The number of hydrogen-bond donors (Lipinski definition) is 2. The molecule has 0 unspecified atom stereocenters. The molecular formula is C10H19NO3. The molecule has 0 saturated heterocycles. The predicted molar refractivity (Wildman–Crippen MR) is 53.0 cm³/mol. The van der Waals surface area contributed by atoms with E-state index in [2.05, 4.69) is 5.32 Å². The third-order valence-electron chi connectivity index (χ3n) is 2.21. The summed E-state index contributed by atoms with van der Waals surface area (Å²) in [6.07, 6.45) is 1.35. The first-order valence-electron chi connectivity index (χ1n) is 5.01. The maximum Gasteiger partial charge on any atom is 0.407 e. The summed E-state index contributed by atoms with van der Waals surface area (Å²) < 4.78 is 5.10. The molecule has 1 amide bonds. The zero-order chi connectivity index (χ0) is 10.8. The van der Waals surface area contributed by atoms with E-state index in [1.807, 2.05) is 20.8 Å². The van der Waals surface area contributed by atoms with Gasteiger partial charge in [-0.2, -0.15) is 0 Å². The van der Waals surface area contributed by atoms with Crippen molar-refractivity contribution in [2.75, 3.05) is 6.61 Å². The molecular weight excluding hydrogens is 182 g/mol. The highest BCUT2D eigenvalue weighted by atomic mass is 16.6. The number of alkyl carbamates (subject to hydrolysis) is 1. The summed E-state index contributed by atoms with van der Waals surface area (Å²) in [4.78, 5) is 11.3. The molecule has 4 heteroatoms. The van der Waals surface area contributed by atoms with Crippen molar-refractivity contribution in [1.82, 2.24) is 5.32 Å². The normalized spacial score (nSPS) is 26.6. The SMILES string of the molecule is CC(C)(C)OC(=O)N[C@H]1C[C@H](CO)C1. The topological polar surface area (TPSA) is 58.6 Å². The van der Waals surface area contributed by atoms with Crippen molar-refractivity contribution in [3.8, 4) is 0 Å². The zero-order valence-corrected chi connectivity index (χ0v) is 9.04. The van der Waals surface area contributed by atoms with Crippen LogP contribution in [0.4, 0.5) is 4.79 Å². The molecule has 0 aromatic rings. The molecule has 1 saturated carbocycles. The van der Waals surface area contributed by atoms with Gasteiger partial charge in [0, 0.05) is 12.6 Å². The molecule has 0 aromatic carbocycles. The average molecular weight is 201 g/mol. The number of ether oxygens (including phenoxy) is 1. The van der Waals surface area contributed by atoms with Gasteiger partial charge in [0.25, 0.3) is 0 Å². The van der Waals surface area contributed by atoms with Crippen LogP contribution in [0.3, 0.4) is 0 Å². The maximum absolute atomic E-state index is 11.3. The summed E-state index contributed by atoms with van der Waals surface area (Å²) in [6, 6.07) is 0.182. The van der Waals surface area contributed by atoms with Gasteiger partial charge in [0.1, 0.15) is 5.60 Å². The van der Waals surface area contributed by atoms with E-state index in [9.17, 15) is 4.79 Å². The van der Waals surface area contributed by atoms with E-state index in [1.165, 1.54) is 0 Å². The molecule has 1 rings (SSSR count). The number of rotatable bonds is 2. The van der Waals surface area contributed by atoms with E-state index in [-0.39, 0.29) is 18.7 Å². The molecule has 4 nitrogen and oxygen atoms in total. The zero-order valence-electron chi connectivity index (χ0n) is 9.04. The van der Waals surface area contributed by atoms with Crippen molar-refractivity contribution in [2.24, 2.45) is 5.92 Å². The summed E-state index contributed by atoms with van der Waals surface area (Å²) in [5, 5.41) is 11.5. The van der Waals surface area contributed by atoms with E-state index in [4.69, 9.17) is 9.84 Å². The smallest absolute Gasteiger partial charge is 0.407 e. The Kier molecular flexibility index (Phi) is 3.37. The number of carbonyl (C=O) groups is 1. The van der Waals surface area contributed by atoms with Crippen LogP contribution < -0.4 is 5.32 Å². The molecule has 14 heavy (non-hydrogen) atoms. The summed E-state index contributed by atoms with van der Waals surface area (Å²) in [5.74, 6) is 0.356. The van der Waals surface area contributed by atoms with Gasteiger partial charge < -0.3 is 15.2 Å². The molecule has 0 radical (unpaired) electrons. The van der Waals surface area contributed by atoms with Crippen LogP contribution in [-0.2, 0) is 4.74 Å². The average Bonchev–Trinajstić information content (AvgIpc) is 1.91. The molecule has 0 aromatic heterocycles. The summed E-state index contributed by atoms with van der Waals surface area (Å²) in [5.41, 5.74) is -0.440. The van der Waals surface area contributed by atoms with Crippen molar-refractivity contribution >= 4 is 6.09 Å². The van der Waals surface area contributed by atoms with E-state index >= 15 is 0 Å². The van der Waals surface area contributed by atoms with E-state index in [0.717, 1.165) is 12.8 Å². The maximum atomic E-state index is 11.3. The second-order valence-corrected chi connectivity index (χ2v) is 4.86. The van der Waals surface area contributed by atoms with Crippen LogP contribution in [0.5, 0.6) is 0 Å². The fourth-order valence-corrected chi connectivity index (χ4v) is 1.48. The van der Waals surface area contributed by atoms with E-state index in [0.29, 0.717) is 5.92 Å². The fourth-order valence-electron chi connectivity index (χ4n) is 1.48. The Morgan fingerprint density at radius 1 is 1.50 bits per heavy atom. The van der Waals surface area contributed by atoms with Crippen molar-refractivity contribution in [2.45, 2.75) is 45.3 Å². The van der Waals surface area contributed by atoms with Gasteiger partial charge in [0.2, 0.25) is 0 Å². The molecule has 0 aliphatic heterocycles. The number of nitrogens with one attached hydrogen (secondary N) is 1. The minimum Gasteiger partial charge on any atom is -0.444 e. The Labute approximate surface area is 84.6 Å². The van der Waals surface area contributed by atoms with Gasteiger partial charge in [0.15, 0.2) is 0 Å². The van der Waals surface area contributed by atoms with Crippen LogP contribution in [0.2, 0.25) is 0 Å². The van der Waals surface area contributed by atoms with Crippen LogP contribution in [0.15, 0.2) is 0 Å². The van der Waals surface area contributed by atoms with E-state index < -0.39 is 5.60 Å².